The summed E-state index contributed by atoms with van der Waals surface area (Å²) in [6.45, 7) is 1.69. The smallest absolute Gasteiger partial charge is 0.316 e. The van der Waals surface area contributed by atoms with E-state index in [0.717, 1.165) is 31.2 Å². The van der Waals surface area contributed by atoms with Gasteiger partial charge in [-0.25, -0.2) is 0 Å². The minimum absolute atomic E-state index is 0.110. The number of unbranched alkanes of at least 4 members (excludes halogenated alkanes) is 2. The highest BCUT2D eigenvalue weighted by Crippen LogP contribution is 2.16. The van der Waals surface area contributed by atoms with Crippen LogP contribution in [0.2, 0.25) is 0 Å². The van der Waals surface area contributed by atoms with E-state index in [1.54, 1.807) is 0 Å². The molecule has 0 bridgehead atoms. The summed E-state index contributed by atoms with van der Waals surface area (Å²) in [4.78, 5) is 24.0. The third kappa shape index (κ3) is 6.92. The Labute approximate surface area is 150 Å². The number of carbonyl (C=O) groups is 2. The van der Waals surface area contributed by atoms with Crippen LogP contribution in [0.25, 0.3) is 0 Å². The van der Waals surface area contributed by atoms with E-state index in [-0.39, 0.29) is 12.4 Å². The Morgan fingerprint density at radius 3 is 2.04 bits per heavy atom. The van der Waals surface area contributed by atoms with Crippen LogP contribution in [-0.2, 0) is 27.4 Å². The number of Topliss-reactive ketones (excluding diaryl/α,β-unsaturated/α-hetero) is 1. The van der Waals surface area contributed by atoms with Gasteiger partial charge in [-0.2, -0.15) is 0 Å². The average Bonchev–Trinajstić information content (AvgIpc) is 2.64. The first-order valence-electron chi connectivity index (χ1n) is 8.92. The van der Waals surface area contributed by atoms with E-state index >= 15 is 0 Å². The maximum Gasteiger partial charge on any atom is 0.316 e. The van der Waals surface area contributed by atoms with Crippen LogP contribution < -0.4 is 0 Å². The highest BCUT2D eigenvalue weighted by molar-refractivity contribution is 5.97. The van der Waals surface area contributed by atoms with Crippen molar-refractivity contribution in [3.05, 3.63) is 71.8 Å². The lowest BCUT2D eigenvalue weighted by molar-refractivity contribution is -0.153. The first-order valence-corrected chi connectivity index (χ1v) is 8.92. The maximum atomic E-state index is 12.2. The molecule has 2 rings (SSSR count). The lowest BCUT2D eigenvalue weighted by Crippen LogP contribution is -2.24. The number of hydrogen-bond donors (Lipinski definition) is 0. The van der Waals surface area contributed by atoms with Gasteiger partial charge in [-0.1, -0.05) is 73.5 Å². The van der Waals surface area contributed by atoms with E-state index in [9.17, 15) is 9.59 Å². The van der Waals surface area contributed by atoms with Gasteiger partial charge in [0.2, 0.25) is 0 Å². The van der Waals surface area contributed by atoms with Crippen LogP contribution in [0.1, 0.15) is 43.7 Å². The molecule has 0 aliphatic rings. The summed E-state index contributed by atoms with van der Waals surface area (Å²) < 4.78 is 5.32. The fourth-order valence-corrected chi connectivity index (χ4v) is 2.82. The summed E-state index contributed by atoms with van der Waals surface area (Å²) in [5, 5.41) is 0. The molecule has 3 heteroatoms. The minimum atomic E-state index is -0.638. The molecule has 0 heterocycles. The number of rotatable bonds is 10. The normalized spacial score (nSPS) is 11.7. The van der Waals surface area contributed by atoms with Crippen molar-refractivity contribution in [3.8, 4) is 0 Å². The molecule has 1 unspecified atom stereocenters. The lowest BCUT2D eigenvalue weighted by Gasteiger charge is -2.13. The van der Waals surface area contributed by atoms with Crippen LogP contribution in [0.4, 0.5) is 0 Å². The van der Waals surface area contributed by atoms with Gasteiger partial charge >= 0.3 is 5.97 Å². The second kappa shape index (κ2) is 10.4. The number of ketones is 1. The Kier molecular flexibility index (Phi) is 7.90. The summed E-state index contributed by atoms with van der Waals surface area (Å²) in [5.74, 6) is -1.15. The topological polar surface area (TPSA) is 43.4 Å². The standard InChI is InChI=1S/C22H26O3/c1-18(23)21(22(24)25-17-20-14-8-3-9-15-20)16-10-4-7-13-19-11-5-2-6-12-19/h2-3,5-6,8-9,11-12,14-15,21H,4,7,10,13,16-17H2,1H3. The van der Waals surface area contributed by atoms with Gasteiger partial charge < -0.3 is 4.74 Å². The molecule has 2 aromatic carbocycles. The average molecular weight is 338 g/mol. The summed E-state index contributed by atoms with van der Waals surface area (Å²) >= 11 is 0. The van der Waals surface area contributed by atoms with E-state index in [0.29, 0.717) is 6.42 Å². The molecular formula is C22H26O3. The van der Waals surface area contributed by atoms with Crippen LogP contribution in [0.15, 0.2) is 60.7 Å². The van der Waals surface area contributed by atoms with Crippen molar-refractivity contribution in [1.29, 1.82) is 0 Å². The molecule has 2 aromatic rings. The molecule has 0 aliphatic carbocycles. The van der Waals surface area contributed by atoms with Crippen LogP contribution in [-0.4, -0.2) is 11.8 Å². The van der Waals surface area contributed by atoms with Crippen molar-refractivity contribution < 1.29 is 14.3 Å². The second-order valence-corrected chi connectivity index (χ2v) is 6.34. The van der Waals surface area contributed by atoms with Crippen LogP contribution in [0, 0.1) is 5.92 Å². The minimum Gasteiger partial charge on any atom is -0.460 e. The zero-order chi connectivity index (χ0) is 17.9. The van der Waals surface area contributed by atoms with Gasteiger partial charge in [0.25, 0.3) is 0 Å². The van der Waals surface area contributed by atoms with Gasteiger partial charge in [0.15, 0.2) is 0 Å². The van der Waals surface area contributed by atoms with E-state index in [2.05, 4.69) is 12.1 Å². The van der Waals surface area contributed by atoms with E-state index in [1.165, 1.54) is 12.5 Å². The maximum absolute atomic E-state index is 12.2. The summed E-state index contributed by atoms with van der Waals surface area (Å²) in [7, 11) is 0. The van der Waals surface area contributed by atoms with Crippen molar-refractivity contribution in [2.75, 3.05) is 0 Å². The SMILES string of the molecule is CC(=O)C(CCCCCc1ccccc1)C(=O)OCc1ccccc1. The predicted octanol–water partition coefficient (Wildman–Crippen LogP) is 4.74. The van der Waals surface area contributed by atoms with Crippen molar-refractivity contribution in [2.24, 2.45) is 5.92 Å². The first-order chi connectivity index (χ1) is 12.2. The molecule has 1 atom stereocenters. The Morgan fingerprint density at radius 1 is 0.840 bits per heavy atom. The molecule has 0 amide bonds. The van der Waals surface area contributed by atoms with Gasteiger partial charge in [-0.3, -0.25) is 9.59 Å². The fraction of sp³-hybridized carbons (Fsp3) is 0.364. The number of carbonyl (C=O) groups excluding carboxylic acids is 2. The first kappa shape index (κ1) is 18.9. The van der Waals surface area contributed by atoms with Crippen molar-refractivity contribution in [2.45, 2.75) is 45.6 Å². The van der Waals surface area contributed by atoms with Gasteiger partial charge in [0, 0.05) is 0 Å². The molecular weight excluding hydrogens is 312 g/mol. The summed E-state index contributed by atoms with van der Waals surface area (Å²) in [6, 6.07) is 19.9. The van der Waals surface area contributed by atoms with E-state index < -0.39 is 11.9 Å². The quantitative estimate of drug-likeness (QED) is 0.357. The monoisotopic (exact) mass is 338 g/mol. The van der Waals surface area contributed by atoms with E-state index in [4.69, 9.17) is 4.74 Å². The van der Waals surface area contributed by atoms with Crippen LogP contribution in [0.5, 0.6) is 0 Å². The predicted molar refractivity (Wildman–Crippen MR) is 99.0 cm³/mol. The Bertz CT molecular complexity index is 649. The van der Waals surface area contributed by atoms with Gasteiger partial charge in [0.1, 0.15) is 18.3 Å². The number of hydrogen-bond acceptors (Lipinski definition) is 3. The molecule has 0 saturated heterocycles. The number of benzene rings is 2. The van der Waals surface area contributed by atoms with Gasteiger partial charge in [-0.05, 0) is 37.3 Å². The van der Waals surface area contributed by atoms with Gasteiger partial charge in [-0.15, -0.1) is 0 Å². The third-order valence-electron chi connectivity index (χ3n) is 4.30. The molecule has 0 aromatic heterocycles. The fourth-order valence-electron chi connectivity index (χ4n) is 2.82. The Hall–Kier alpha value is -2.42. The molecule has 0 N–H and O–H groups in total. The molecule has 132 valence electrons. The van der Waals surface area contributed by atoms with Gasteiger partial charge in [0.05, 0.1) is 0 Å². The van der Waals surface area contributed by atoms with Crippen LogP contribution in [0.3, 0.4) is 0 Å². The zero-order valence-corrected chi connectivity index (χ0v) is 14.8. The number of ether oxygens (including phenoxy) is 1. The molecule has 0 spiro atoms. The number of esters is 1. The van der Waals surface area contributed by atoms with E-state index in [1.807, 2.05) is 48.5 Å². The Morgan fingerprint density at radius 2 is 1.44 bits per heavy atom. The number of aryl methyl sites for hydroxylation is 1. The lowest BCUT2D eigenvalue weighted by atomic mass is 9.96. The largest absolute Gasteiger partial charge is 0.460 e. The second-order valence-electron chi connectivity index (χ2n) is 6.34. The molecule has 0 aliphatic heterocycles. The van der Waals surface area contributed by atoms with Crippen molar-refractivity contribution >= 4 is 11.8 Å². The third-order valence-corrected chi connectivity index (χ3v) is 4.30. The zero-order valence-electron chi connectivity index (χ0n) is 14.8. The molecule has 0 saturated carbocycles. The van der Waals surface area contributed by atoms with Crippen molar-refractivity contribution in [3.63, 3.8) is 0 Å². The molecule has 0 fully saturated rings. The summed E-state index contributed by atoms with van der Waals surface area (Å²) in [6.07, 6.45) is 4.53. The van der Waals surface area contributed by atoms with Crippen molar-refractivity contribution in [1.82, 2.24) is 0 Å². The van der Waals surface area contributed by atoms with Crippen LogP contribution >= 0.6 is 0 Å². The highest BCUT2D eigenvalue weighted by Gasteiger charge is 2.24. The molecule has 25 heavy (non-hydrogen) atoms. The molecule has 3 nitrogen and oxygen atoms in total. The Balaban J connectivity index is 1.70. The summed E-state index contributed by atoms with van der Waals surface area (Å²) in [5.41, 5.74) is 2.26. The molecule has 0 radical (unpaired) electrons. The highest BCUT2D eigenvalue weighted by atomic mass is 16.5.